The van der Waals surface area contributed by atoms with E-state index >= 15 is 0 Å². The quantitative estimate of drug-likeness (QED) is 0.373. The van der Waals surface area contributed by atoms with Crippen molar-refractivity contribution in [2.75, 3.05) is 12.4 Å². The first-order chi connectivity index (χ1) is 18.8. The Kier molecular flexibility index (Phi) is 5.99. The Morgan fingerprint density at radius 3 is 2.77 bits per heavy atom. The van der Waals surface area contributed by atoms with Gasteiger partial charge < -0.3 is 25.2 Å². The predicted octanol–water partition coefficient (Wildman–Crippen LogP) is 2.65. The summed E-state index contributed by atoms with van der Waals surface area (Å²) in [5.41, 5.74) is 0.116. The predicted molar refractivity (Wildman–Crippen MR) is 131 cm³/mol. The largest absolute Gasteiger partial charge is 0.458 e. The topological polar surface area (TPSA) is 129 Å². The van der Waals surface area contributed by atoms with Crippen LogP contribution in [0.1, 0.15) is 54.2 Å². The third-order valence-corrected chi connectivity index (χ3v) is 9.50. The fourth-order valence-corrected chi connectivity index (χ4v) is 7.35. The minimum absolute atomic E-state index is 0.0128. The van der Waals surface area contributed by atoms with Gasteiger partial charge in [-0.25, -0.2) is 9.18 Å². The highest BCUT2D eigenvalue weighted by molar-refractivity contribution is 7.99. The molecule has 0 fully saturated rings. The van der Waals surface area contributed by atoms with Crippen LogP contribution in [0.5, 0.6) is 0 Å². The van der Waals surface area contributed by atoms with Crippen molar-refractivity contribution < 1.29 is 46.9 Å². The lowest BCUT2D eigenvalue weighted by Gasteiger charge is -2.41. The fraction of sp³-hybridized carbons (Fsp3) is 0.462. The number of hydrogen-bond acceptors (Lipinski definition) is 8. The van der Waals surface area contributed by atoms with E-state index in [9.17, 15) is 42.2 Å². The molecular formula is C26H23F4N3O6S. The van der Waals surface area contributed by atoms with E-state index in [1.54, 1.807) is 13.8 Å². The summed E-state index contributed by atoms with van der Waals surface area (Å²) >= 11 is 1.15. The van der Waals surface area contributed by atoms with Gasteiger partial charge in [-0.05, 0) is 36.5 Å². The van der Waals surface area contributed by atoms with Crippen LogP contribution in [-0.2, 0) is 25.7 Å². The van der Waals surface area contributed by atoms with Crippen molar-refractivity contribution in [1.29, 1.82) is 0 Å². The first-order valence-corrected chi connectivity index (χ1v) is 13.5. The number of carbonyl (C=O) groups excluding carboxylic acids is 3. The average Bonchev–Trinajstić information content (AvgIpc) is 3.27. The number of hydrogen-bond donors (Lipinski definition) is 3. The number of ether oxygens (including phenoxy) is 1. The van der Waals surface area contributed by atoms with Crippen LogP contribution in [0.25, 0.3) is 10.9 Å². The lowest BCUT2D eigenvalue weighted by molar-refractivity contribution is -0.205. The second-order valence-corrected chi connectivity index (χ2v) is 11.3. The molecule has 0 radical (unpaired) electrons. The van der Waals surface area contributed by atoms with Crippen molar-refractivity contribution in [1.82, 2.24) is 15.2 Å². The minimum atomic E-state index is -5.17. The zero-order valence-corrected chi connectivity index (χ0v) is 22.0. The van der Waals surface area contributed by atoms with Crippen LogP contribution < -0.4 is 5.32 Å². The van der Waals surface area contributed by atoms with Gasteiger partial charge in [0, 0.05) is 34.2 Å². The third kappa shape index (κ3) is 3.68. The van der Waals surface area contributed by atoms with Gasteiger partial charge in [0.25, 0.3) is 11.8 Å². The summed E-state index contributed by atoms with van der Waals surface area (Å²) in [6.45, 7) is 2.82. The summed E-state index contributed by atoms with van der Waals surface area (Å²) < 4.78 is 59.2. The Labute approximate surface area is 228 Å². The molecule has 4 atom stereocenters. The van der Waals surface area contributed by atoms with Gasteiger partial charge in [-0.2, -0.15) is 13.2 Å². The van der Waals surface area contributed by atoms with Crippen molar-refractivity contribution in [3.63, 3.8) is 0 Å². The van der Waals surface area contributed by atoms with E-state index < -0.39 is 53.6 Å². The minimum Gasteiger partial charge on any atom is -0.458 e. The molecule has 212 valence electrons. The number of cyclic esters (lactones) is 1. The second-order valence-electron chi connectivity index (χ2n) is 10.3. The Hall–Kier alpha value is -3.23. The summed E-state index contributed by atoms with van der Waals surface area (Å²) in [6.07, 6.45) is -8.40. The van der Waals surface area contributed by atoms with Crippen LogP contribution in [0.2, 0.25) is 0 Å². The number of pyridine rings is 1. The SMILES string of the molecule is CC[C@@]1(O)C(=O)OCC2=C1CC1c3nc4cc(F)c(C)c5c4c(c3CN1C2=O)[C@@H](NC(=O)[C@@H](O)C(F)(F)F)CS5. The van der Waals surface area contributed by atoms with E-state index in [-0.39, 0.29) is 48.4 Å². The number of nitrogens with zero attached hydrogens (tertiary/aromatic N) is 2. The average molecular weight is 582 g/mol. The van der Waals surface area contributed by atoms with Crippen molar-refractivity contribution >= 4 is 40.4 Å². The highest BCUT2D eigenvalue weighted by atomic mass is 32.2. The number of thioether (sulfide) groups is 1. The molecule has 0 spiro atoms. The highest BCUT2D eigenvalue weighted by Crippen LogP contribution is 2.52. The molecule has 9 nitrogen and oxygen atoms in total. The van der Waals surface area contributed by atoms with Gasteiger partial charge in [0.15, 0.2) is 5.60 Å². The molecule has 0 aliphatic carbocycles. The van der Waals surface area contributed by atoms with Gasteiger partial charge in [0.2, 0.25) is 6.10 Å². The van der Waals surface area contributed by atoms with Crippen molar-refractivity contribution in [2.24, 2.45) is 0 Å². The van der Waals surface area contributed by atoms with Gasteiger partial charge in [-0.3, -0.25) is 14.6 Å². The van der Waals surface area contributed by atoms with Crippen molar-refractivity contribution in [2.45, 2.75) is 68.1 Å². The zero-order chi connectivity index (χ0) is 28.9. The standard InChI is InChI=1S/C26H23F4N3O6S/c1-3-25(38)12-4-16-19-10(6-33(16)23(36)11(12)7-39-24(25)37)17-15(32-22(35)21(34)26(28,29)30)8-40-20-9(2)13(27)5-14(31-19)18(17)20/h5,15-16,21,34,38H,3-4,6-8H2,1-2H3,(H,32,35)/t15-,16?,21+,25-/m0/s1. The highest BCUT2D eigenvalue weighted by Gasteiger charge is 2.53. The molecule has 6 rings (SSSR count). The molecule has 14 heteroatoms. The van der Waals surface area contributed by atoms with E-state index in [1.807, 2.05) is 0 Å². The molecular weight excluding hydrogens is 558 g/mol. The van der Waals surface area contributed by atoms with Crippen LogP contribution in [0, 0.1) is 12.7 Å². The van der Waals surface area contributed by atoms with Crippen LogP contribution in [-0.4, -0.2) is 68.1 Å². The summed E-state index contributed by atoms with van der Waals surface area (Å²) in [5.74, 6) is -3.48. The van der Waals surface area contributed by atoms with Crippen LogP contribution in [0.15, 0.2) is 22.1 Å². The zero-order valence-electron chi connectivity index (χ0n) is 21.2. The summed E-state index contributed by atoms with van der Waals surface area (Å²) in [4.78, 5) is 45.2. The molecule has 2 aromatic rings. The molecule has 1 aromatic heterocycles. The lowest BCUT2D eigenvalue weighted by atomic mass is 9.79. The number of aromatic nitrogens is 1. The second kappa shape index (κ2) is 8.88. The van der Waals surface area contributed by atoms with Crippen molar-refractivity contribution in [3.8, 4) is 0 Å². The van der Waals surface area contributed by atoms with Gasteiger partial charge in [0.05, 0.1) is 28.9 Å². The summed E-state index contributed by atoms with van der Waals surface area (Å²) in [7, 11) is 0. The molecule has 1 unspecified atom stereocenters. The number of fused-ring (bicyclic) bond motifs is 4. The molecule has 5 heterocycles. The normalized spacial score (nSPS) is 26.4. The fourth-order valence-electron chi connectivity index (χ4n) is 6.09. The maximum atomic E-state index is 14.9. The van der Waals surface area contributed by atoms with E-state index in [1.165, 1.54) is 11.0 Å². The van der Waals surface area contributed by atoms with Gasteiger partial charge in [0.1, 0.15) is 12.4 Å². The Morgan fingerprint density at radius 2 is 2.10 bits per heavy atom. The molecule has 4 aliphatic heterocycles. The molecule has 3 N–H and O–H groups in total. The third-order valence-electron chi connectivity index (χ3n) is 8.20. The number of amides is 2. The van der Waals surface area contributed by atoms with Crippen LogP contribution >= 0.6 is 11.8 Å². The first kappa shape index (κ1) is 27.0. The van der Waals surface area contributed by atoms with Crippen LogP contribution in [0.4, 0.5) is 17.6 Å². The Balaban J connectivity index is 1.51. The van der Waals surface area contributed by atoms with E-state index in [4.69, 9.17) is 4.74 Å². The summed E-state index contributed by atoms with van der Waals surface area (Å²) in [6, 6.07) is -0.556. The first-order valence-electron chi connectivity index (χ1n) is 12.5. The maximum Gasteiger partial charge on any atom is 0.423 e. The number of benzene rings is 1. The van der Waals surface area contributed by atoms with E-state index in [0.717, 1.165) is 11.8 Å². The number of aliphatic hydroxyl groups is 2. The molecule has 0 bridgehead atoms. The number of esters is 1. The van der Waals surface area contributed by atoms with Gasteiger partial charge >= 0.3 is 12.1 Å². The summed E-state index contributed by atoms with van der Waals surface area (Å²) in [5, 5.41) is 23.4. The number of rotatable bonds is 3. The monoisotopic (exact) mass is 581 g/mol. The molecule has 40 heavy (non-hydrogen) atoms. The smallest absolute Gasteiger partial charge is 0.423 e. The van der Waals surface area contributed by atoms with Gasteiger partial charge in [-0.15, -0.1) is 11.8 Å². The van der Waals surface area contributed by atoms with E-state index in [2.05, 4.69) is 10.3 Å². The number of aliphatic hydroxyl groups excluding tert-OH is 1. The van der Waals surface area contributed by atoms with Gasteiger partial charge in [-0.1, -0.05) is 6.92 Å². The lowest BCUT2D eigenvalue weighted by Crippen LogP contribution is -2.51. The van der Waals surface area contributed by atoms with Crippen LogP contribution in [0.3, 0.4) is 0 Å². The number of alkyl halides is 3. The molecule has 4 aliphatic rings. The molecule has 2 amide bonds. The number of halogens is 4. The Bertz CT molecular complexity index is 1560. The molecule has 1 aromatic carbocycles. The maximum absolute atomic E-state index is 14.9. The molecule has 0 saturated heterocycles. The Morgan fingerprint density at radius 1 is 1.38 bits per heavy atom. The number of carbonyl (C=O) groups is 3. The molecule has 0 saturated carbocycles. The number of nitrogens with one attached hydrogen (secondary N) is 1. The van der Waals surface area contributed by atoms with E-state index in [0.29, 0.717) is 32.7 Å². The van der Waals surface area contributed by atoms with Crippen molar-refractivity contribution in [3.05, 3.63) is 45.4 Å².